The number of unbranched alkanes of at least 4 members (excludes halogenated alkanes) is 2. The van der Waals surface area contributed by atoms with Gasteiger partial charge in [-0.1, -0.05) is 32.8 Å². The Bertz CT molecular complexity index is 1650. The largest absolute Gasteiger partial charge is 0.496 e. The van der Waals surface area contributed by atoms with E-state index in [2.05, 4.69) is 22.1 Å². The highest BCUT2D eigenvalue weighted by Crippen LogP contribution is 2.59. The highest BCUT2D eigenvalue weighted by atomic mass is 16.5. The van der Waals surface area contributed by atoms with Crippen molar-refractivity contribution in [1.82, 2.24) is 24.8 Å². The maximum Gasteiger partial charge on any atom is 0.312 e. The van der Waals surface area contributed by atoms with E-state index in [9.17, 15) is 14.4 Å². The number of carbonyl (C=O) groups excluding carboxylic acids is 3. The van der Waals surface area contributed by atoms with Gasteiger partial charge in [-0.05, 0) is 97.0 Å². The third-order valence-corrected chi connectivity index (χ3v) is 10.5. The molecule has 2 fully saturated rings. The van der Waals surface area contributed by atoms with Crippen molar-refractivity contribution in [3.05, 3.63) is 42.0 Å². The number of hydrogen-bond acceptors (Lipinski definition) is 8. The Morgan fingerprint density at radius 3 is 2.49 bits per heavy atom. The van der Waals surface area contributed by atoms with Gasteiger partial charge >= 0.3 is 5.97 Å². The Kier molecular flexibility index (Phi) is 11.5. The van der Waals surface area contributed by atoms with Gasteiger partial charge in [0.15, 0.2) is 6.73 Å². The third-order valence-electron chi connectivity index (χ3n) is 10.5. The number of ether oxygens (including phenoxy) is 2. The number of imidazole rings is 1. The number of esters is 1. The van der Waals surface area contributed by atoms with Crippen LogP contribution >= 0.6 is 0 Å². The summed E-state index contributed by atoms with van der Waals surface area (Å²) in [6.07, 6.45) is 9.19. The fraction of sp³-hybridized carbons (Fsp3) is 0.615. The molecule has 10 heteroatoms. The molecule has 1 aromatic carbocycles. The number of benzene rings is 1. The zero-order chi connectivity index (χ0) is 35.3. The van der Waals surface area contributed by atoms with Crippen LogP contribution in [0.4, 0.5) is 0 Å². The molecule has 1 aliphatic carbocycles. The number of nitrogens with zero attached hydrogens (tertiary/aromatic N) is 4. The van der Waals surface area contributed by atoms with Crippen LogP contribution in [0.15, 0.2) is 30.5 Å². The molecule has 2 atom stereocenters. The lowest BCUT2D eigenvalue weighted by molar-refractivity contribution is -0.157. The SMILES string of the molecule is CCC(=O)CCCCC[C@H](NC(=O)[C@H]1CC12CCN(CC)CC2)c1nc(-c2cc3ccc(C)nc3cc2OC)cn1COC(=O)C(C)(C)C. The number of likely N-dealkylation sites (tertiary alicyclic amines) is 1. The minimum Gasteiger partial charge on any atom is -0.496 e. The van der Waals surface area contributed by atoms with Crippen LogP contribution in [0.3, 0.4) is 0 Å². The second-order valence-electron chi connectivity index (χ2n) is 15.1. The number of aromatic nitrogens is 3. The quantitative estimate of drug-likeness (QED) is 0.133. The molecule has 0 radical (unpaired) electrons. The molecule has 1 saturated carbocycles. The lowest BCUT2D eigenvalue weighted by atomic mass is 9.90. The summed E-state index contributed by atoms with van der Waals surface area (Å²) in [6.45, 7) is 14.6. The molecule has 10 nitrogen and oxygen atoms in total. The van der Waals surface area contributed by atoms with Gasteiger partial charge in [0.1, 0.15) is 17.4 Å². The summed E-state index contributed by atoms with van der Waals surface area (Å²) < 4.78 is 13.5. The van der Waals surface area contributed by atoms with Crippen molar-refractivity contribution in [1.29, 1.82) is 0 Å². The van der Waals surface area contributed by atoms with Crippen LogP contribution in [0.1, 0.15) is 110 Å². The van der Waals surface area contributed by atoms with Crippen molar-refractivity contribution in [2.24, 2.45) is 16.7 Å². The summed E-state index contributed by atoms with van der Waals surface area (Å²) in [5.74, 6) is 1.28. The Hall–Kier alpha value is -3.79. The Morgan fingerprint density at radius 1 is 1.06 bits per heavy atom. The number of carbonyl (C=O) groups is 3. The maximum atomic E-state index is 14.0. The second-order valence-corrected chi connectivity index (χ2v) is 15.1. The van der Waals surface area contributed by atoms with Gasteiger partial charge in [0.05, 0.1) is 29.8 Å². The van der Waals surface area contributed by atoms with E-state index in [1.807, 2.05) is 69.6 Å². The molecule has 2 aliphatic rings. The Balaban J connectivity index is 1.47. The fourth-order valence-electron chi connectivity index (χ4n) is 7.06. The minimum absolute atomic E-state index is 0.00526. The number of ketones is 1. The van der Waals surface area contributed by atoms with E-state index in [1.165, 1.54) is 0 Å². The number of nitrogens with one attached hydrogen (secondary N) is 1. The molecular weight excluding hydrogens is 618 g/mol. The van der Waals surface area contributed by atoms with Crippen LogP contribution in [0.25, 0.3) is 22.2 Å². The molecule has 49 heavy (non-hydrogen) atoms. The van der Waals surface area contributed by atoms with E-state index in [-0.39, 0.29) is 35.7 Å². The summed E-state index contributed by atoms with van der Waals surface area (Å²) in [7, 11) is 1.63. The molecule has 5 rings (SSSR count). The van der Waals surface area contributed by atoms with E-state index in [0.717, 1.165) is 80.3 Å². The van der Waals surface area contributed by atoms with Crippen molar-refractivity contribution in [3.63, 3.8) is 0 Å². The van der Waals surface area contributed by atoms with E-state index in [0.29, 0.717) is 36.5 Å². The predicted octanol–water partition coefficient (Wildman–Crippen LogP) is 7.17. The first kappa shape index (κ1) is 36.5. The first-order chi connectivity index (χ1) is 23.4. The van der Waals surface area contributed by atoms with E-state index >= 15 is 0 Å². The molecule has 1 saturated heterocycles. The molecule has 266 valence electrons. The smallest absolute Gasteiger partial charge is 0.312 e. The zero-order valence-corrected chi connectivity index (χ0v) is 30.6. The lowest BCUT2D eigenvalue weighted by Crippen LogP contribution is -2.38. The van der Waals surface area contributed by atoms with Gasteiger partial charge in [0.2, 0.25) is 5.91 Å². The van der Waals surface area contributed by atoms with E-state index < -0.39 is 11.5 Å². The van der Waals surface area contributed by atoms with Gasteiger partial charge in [0, 0.05) is 47.7 Å². The number of piperidine rings is 1. The number of methoxy groups -OCH3 is 1. The highest BCUT2D eigenvalue weighted by molar-refractivity contribution is 5.88. The van der Waals surface area contributed by atoms with Crippen molar-refractivity contribution in [3.8, 4) is 17.0 Å². The topological polar surface area (TPSA) is 116 Å². The maximum absolute atomic E-state index is 14.0. The average molecular weight is 674 g/mol. The predicted molar refractivity (Wildman–Crippen MR) is 191 cm³/mol. The average Bonchev–Trinajstić information content (AvgIpc) is 3.62. The number of amides is 1. The van der Waals surface area contributed by atoms with Gasteiger partial charge < -0.3 is 19.7 Å². The standard InChI is InChI=1S/C39H55N5O5/c1-8-28(45)13-11-10-12-14-31(42-36(46)30-23-39(30)17-19-43(9-2)20-18-39)35-41-33(24-44(35)25-49-37(47)38(4,5)6)29-21-27-16-15-26(3)40-32(27)22-34(29)48-7/h15-16,21-22,24,30-31H,8-14,17-20,23,25H2,1-7H3,(H,42,46)/t30-,31+/m1/s1. The lowest BCUT2D eigenvalue weighted by Gasteiger charge is -2.32. The van der Waals surface area contributed by atoms with Gasteiger partial charge in [0.25, 0.3) is 0 Å². The Labute approximate surface area is 291 Å². The van der Waals surface area contributed by atoms with Crippen LogP contribution in [-0.4, -0.2) is 63.8 Å². The fourth-order valence-corrected chi connectivity index (χ4v) is 7.06. The molecule has 1 aliphatic heterocycles. The van der Waals surface area contributed by atoms with Crippen LogP contribution in [0.2, 0.25) is 0 Å². The molecule has 3 heterocycles. The molecule has 0 unspecified atom stereocenters. The molecule has 3 aromatic rings. The van der Waals surface area contributed by atoms with Crippen molar-refractivity contribution in [2.45, 2.75) is 112 Å². The molecular formula is C39H55N5O5. The van der Waals surface area contributed by atoms with Gasteiger partial charge in [-0.2, -0.15) is 0 Å². The van der Waals surface area contributed by atoms with Crippen LogP contribution in [-0.2, 0) is 25.9 Å². The number of Topliss-reactive ketones (excluding diaryl/α,β-unsaturated/α-hetero) is 1. The van der Waals surface area contributed by atoms with Gasteiger partial charge in [-0.25, -0.2) is 4.98 Å². The van der Waals surface area contributed by atoms with E-state index in [4.69, 9.17) is 14.5 Å². The normalized spacial score (nSPS) is 18.0. The highest BCUT2D eigenvalue weighted by Gasteiger charge is 2.58. The third kappa shape index (κ3) is 8.69. The van der Waals surface area contributed by atoms with Crippen molar-refractivity contribution < 1.29 is 23.9 Å². The Morgan fingerprint density at radius 2 is 1.82 bits per heavy atom. The van der Waals surface area contributed by atoms with E-state index in [1.54, 1.807) is 7.11 Å². The minimum atomic E-state index is -0.673. The summed E-state index contributed by atoms with van der Waals surface area (Å²) in [5, 5.41) is 4.36. The summed E-state index contributed by atoms with van der Waals surface area (Å²) in [4.78, 5) is 51.1. The first-order valence-corrected chi connectivity index (χ1v) is 18.1. The van der Waals surface area contributed by atoms with Crippen molar-refractivity contribution in [2.75, 3.05) is 26.7 Å². The molecule has 2 aromatic heterocycles. The molecule has 1 amide bonds. The molecule has 1 spiro atoms. The van der Waals surface area contributed by atoms with Gasteiger partial charge in [-0.3, -0.25) is 23.9 Å². The number of aryl methyl sites for hydroxylation is 1. The first-order valence-electron chi connectivity index (χ1n) is 18.1. The number of rotatable bonds is 15. The van der Waals surface area contributed by atoms with Crippen molar-refractivity contribution >= 4 is 28.6 Å². The van der Waals surface area contributed by atoms with Crippen LogP contribution in [0.5, 0.6) is 5.75 Å². The number of pyridine rings is 1. The molecule has 0 bridgehead atoms. The summed E-state index contributed by atoms with van der Waals surface area (Å²) in [6, 6.07) is 7.55. The van der Waals surface area contributed by atoms with Crippen LogP contribution in [0, 0.1) is 23.7 Å². The molecule has 1 N–H and O–H groups in total. The second kappa shape index (κ2) is 15.4. The number of hydrogen-bond donors (Lipinski definition) is 1. The van der Waals surface area contributed by atoms with Gasteiger partial charge in [-0.15, -0.1) is 0 Å². The van der Waals surface area contributed by atoms with Crippen LogP contribution < -0.4 is 10.1 Å². The number of fused-ring (bicyclic) bond motifs is 1. The summed E-state index contributed by atoms with van der Waals surface area (Å²) >= 11 is 0. The summed E-state index contributed by atoms with van der Waals surface area (Å²) in [5.41, 5.74) is 2.61. The zero-order valence-electron chi connectivity index (χ0n) is 30.6. The monoisotopic (exact) mass is 673 g/mol.